The molecule has 1 N–H and O–H groups in total. The number of hydrogen-bond donors (Lipinski definition) is 1. The lowest BCUT2D eigenvalue weighted by Crippen LogP contribution is -2.49. The van der Waals surface area contributed by atoms with Gasteiger partial charge in [-0.05, 0) is 42.9 Å². The summed E-state index contributed by atoms with van der Waals surface area (Å²) in [7, 11) is 1.36. The second-order valence-electron chi connectivity index (χ2n) is 5.38. The third kappa shape index (κ3) is 1.16. The fraction of sp³-hybridized carbons (Fsp3) is 0.833. The number of ether oxygens (including phenoxy) is 1. The van der Waals surface area contributed by atoms with Crippen molar-refractivity contribution in [3.8, 4) is 0 Å². The molecule has 0 aromatic carbocycles. The average Bonchev–Trinajstić information content (AvgIpc) is 3.08. The van der Waals surface area contributed by atoms with Gasteiger partial charge < -0.3 is 9.84 Å². The second-order valence-corrected chi connectivity index (χ2v) is 5.38. The van der Waals surface area contributed by atoms with E-state index in [0.29, 0.717) is 11.8 Å². The number of carbonyl (C=O) groups is 2. The van der Waals surface area contributed by atoms with Crippen LogP contribution in [0.25, 0.3) is 0 Å². The predicted molar refractivity (Wildman–Crippen MR) is 54.4 cm³/mol. The van der Waals surface area contributed by atoms with Gasteiger partial charge in [-0.15, -0.1) is 0 Å². The summed E-state index contributed by atoms with van der Waals surface area (Å²) in [6.45, 7) is 0. The van der Waals surface area contributed by atoms with E-state index in [1.54, 1.807) is 0 Å². The summed E-state index contributed by atoms with van der Waals surface area (Å²) < 4.78 is 4.79. The van der Waals surface area contributed by atoms with Crippen molar-refractivity contribution < 1.29 is 19.4 Å². The van der Waals surface area contributed by atoms with Crippen molar-refractivity contribution in [2.24, 2.45) is 35.5 Å². The van der Waals surface area contributed by atoms with Crippen LogP contribution in [0.4, 0.5) is 0 Å². The maximum atomic E-state index is 11.8. The monoisotopic (exact) mass is 224 g/mol. The summed E-state index contributed by atoms with van der Waals surface area (Å²) in [5, 5.41) is 9.30. The zero-order valence-corrected chi connectivity index (χ0v) is 9.26. The van der Waals surface area contributed by atoms with E-state index in [-0.39, 0.29) is 23.7 Å². The van der Waals surface area contributed by atoms with Crippen molar-refractivity contribution in [3.63, 3.8) is 0 Å². The Morgan fingerprint density at radius 1 is 1.06 bits per heavy atom. The Balaban J connectivity index is 1.94. The maximum Gasteiger partial charge on any atom is 0.309 e. The van der Waals surface area contributed by atoms with Crippen LogP contribution in [-0.4, -0.2) is 24.2 Å². The first-order valence-electron chi connectivity index (χ1n) is 5.95. The number of hydrogen-bond acceptors (Lipinski definition) is 3. The Morgan fingerprint density at radius 3 is 2.12 bits per heavy atom. The molecule has 4 nitrogen and oxygen atoms in total. The quantitative estimate of drug-likeness (QED) is 0.715. The van der Waals surface area contributed by atoms with Crippen molar-refractivity contribution in [2.75, 3.05) is 7.11 Å². The Hall–Kier alpha value is -1.06. The molecule has 0 heterocycles. The molecule has 4 saturated carbocycles. The van der Waals surface area contributed by atoms with Gasteiger partial charge in [0, 0.05) is 0 Å². The van der Waals surface area contributed by atoms with Gasteiger partial charge in [0.1, 0.15) is 0 Å². The highest BCUT2D eigenvalue weighted by Crippen LogP contribution is 2.66. The summed E-state index contributed by atoms with van der Waals surface area (Å²) in [6.07, 6.45) is 3.12. The molecule has 16 heavy (non-hydrogen) atoms. The van der Waals surface area contributed by atoms with Crippen molar-refractivity contribution in [2.45, 2.75) is 19.3 Å². The lowest BCUT2D eigenvalue weighted by atomic mass is 9.58. The molecule has 88 valence electrons. The molecule has 0 aromatic heterocycles. The number of esters is 1. The maximum absolute atomic E-state index is 11.8. The zero-order valence-electron chi connectivity index (χ0n) is 9.26. The standard InChI is InChI=1S/C12H16O4/c1-16-12(15)10-6-3-2-5(7-4-8(6)7)9(10)11(13)14/h5-10H,2-4H2,1H3,(H,13,14)/t5?,6?,7?,8?,9-,10+/m1/s1. The third-order valence-corrected chi connectivity index (χ3v) is 4.89. The molecule has 0 spiro atoms. The van der Waals surface area contributed by atoms with Crippen LogP contribution in [0.15, 0.2) is 0 Å². The van der Waals surface area contributed by atoms with Gasteiger partial charge in [0.05, 0.1) is 18.9 Å². The lowest BCUT2D eigenvalue weighted by molar-refractivity contribution is -0.168. The minimum Gasteiger partial charge on any atom is -0.481 e. The summed E-state index contributed by atoms with van der Waals surface area (Å²) in [5.74, 6) is -0.317. The first-order valence-corrected chi connectivity index (χ1v) is 5.95. The summed E-state index contributed by atoms with van der Waals surface area (Å²) in [6, 6.07) is 0. The molecule has 4 heteroatoms. The molecule has 0 aliphatic heterocycles. The minimum atomic E-state index is -0.810. The number of fused-ring (bicyclic) bond motifs is 2. The van der Waals surface area contributed by atoms with E-state index in [0.717, 1.165) is 19.3 Å². The van der Waals surface area contributed by atoms with Gasteiger partial charge in [-0.1, -0.05) is 0 Å². The number of carboxylic acid groups (broad SMARTS) is 1. The largest absolute Gasteiger partial charge is 0.481 e. The Morgan fingerprint density at radius 2 is 1.62 bits per heavy atom. The van der Waals surface area contributed by atoms with Gasteiger partial charge in [0.15, 0.2) is 0 Å². The Bertz CT molecular complexity index is 351. The van der Waals surface area contributed by atoms with E-state index in [2.05, 4.69) is 0 Å². The highest BCUT2D eigenvalue weighted by atomic mass is 16.5. The van der Waals surface area contributed by atoms with Crippen molar-refractivity contribution in [3.05, 3.63) is 0 Å². The molecule has 4 aliphatic carbocycles. The van der Waals surface area contributed by atoms with Gasteiger partial charge in [-0.25, -0.2) is 0 Å². The molecular formula is C12H16O4. The molecule has 0 aromatic rings. The molecule has 4 unspecified atom stereocenters. The molecule has 4 rings (SSSR count). The molecule has 0 amide bonds. The molecule has 4 aliphatic rings. The smallest absolute Gasteiger partial charge is 0.309 e. The van der Waals surface area contributed by atoms with E-state index in [1.807, 2.05) is 0 Å². The summed E-state index contributed by atoms with van der Waals surface area (Å²) in [5.41, 5.74) is 0. The van der Waals surface area contributed by atoms with E-state index >= 15 is 0 Å². The average molecular weight is 224 g/mol. The number of carbonyl (C=O) groups excluding carboxylic acids is 1. The van der Waals surface area contributed by atoms with Gasteiger partial charge in [0.2, 0.25) is 0 Å². The van der Waals surface area contributed by atoms with Gasteiger partial charge in [-0.2, -0.15) is 0 Å². The predicted octanol–water partition coefficient (Wildman–Crippen LogP) is 1.15. The van der Waals surface area contributed by atoms with Crippen LogP contribution in [0.2, 0.25) is 0 Å². The van der Waals surface area contributed by atoms with E-state index in [4.69, 9.17) is 4.74 Å². The fourth-order valence-corrected chi connectivity index (χ4v) is 4.25. The molecule has 6 atom stereocenters. The number of methoxy groups -OCH3 is 1. The van der Waals surface area contributed by atoms with E-state index in [1.165, 1.54) is 7.11 Å². The lowest BCUT2D eigenvalue weighted by Gasteiger charge is -2.44. The van der Waals surface area contributed by atoms with E-state index < -0.39 is 11.9 Å². The molecular weight excluding hydrogens is 208 g/mol. The van der Waals surface area contributed by atoms with Crippen LogP contribution in [0.1, 0.15) is 19.3 Å². The number of aliphatic carboxylic acids is 1. The topological polar surface area (TPSA) is 63.6 Å². The SMILES string of the molecule is COC(=O)[C@H]1C2CCC(C3CC32)[C@H]1C(=O)O. The van der Waals surface area contributed by atoms with Crippen molar-refractivity contribution in [1.82, 2.24) is 0 Å². The first kappa shape index (κ1) is 10.1. The van der Waals surface area contributed by atoms with Gasteiger partial charge >= 0.3 is 11.9 Å². The third-order valence-electron chi connectivity index (χ3n) is 4.89. The Labute approximate surface area is 94.0 Å². The molecule has 0 saturated heterocycles. The van der Waals surface area contributed by atoms with Crippen molar-refractivity contribution >= 4 is 11.9 Å². The highest BCUT2D eigenvalue weighted by Gasteiger charge is 2.65. The van der Waals surface area contributed by atoms with Crippen LogP contribution in [-0.2, 0) is 14.3 Å². The molecule has 0 radical (unpaired) electrons. The van der Waals surface area contributed by atoms with Crippen LogP contribution in [0.3, 0.4) is 0 Å². The van der Waals surface area contributed by atoms with Crippen LogP contribution < -0.4 is 0 Å². The molecule has 2 bridgehead atoms. The van der Waals surface area contributed by atoms with Gasteiger partial charge in [-0.3, -0.25) is 9.59 Å². The molecule has 4 fully saturated rings. The Kier molecular flexibility index (Phi) is 2.03. The van der Waals surface area contributed by atoms with Crippen LogP contribution in [0, 0.1) is 35.5 Å². The van der Waals surface area contributed by atoms with Crippen LogP contribution >= 0.6 is 0 Å². The van der Waals surface area contributed by atoms with E-state index in [9.17, 15) is 14.7 Å². The first-order chi connectivity index (χ1) is 7.65. The van der Waals surface area contributed by atoms with Crippen molar-refractivity contribution in [1.29, 1.82) is 0 Å². The van der Waals surface area contributed by atoms with Gasteiger partial charge in [0.25, 0.3) is 0 Å². The number of rotatable bonds is 2. The number of carboxylic acids is 1. The zero-order chi connectivity index (χ0) is 11.4. The normalized spacial score (nSPS) is 48.3. The summed E-state index contributed by atoms with van der Waals surface area (Å²) in [4.78, 5) is 23.1. The second kappa shape index (κ2) is 3.22. The summed E-state index contributed by atoms with van der Waals surface area (Å²) >= 11 is 0. The highest BCUT2D eigenvalue weighted by molar-refractivity contribution is 5.82. The fourth-order valence-electron chi connectivity index (χ4n) is 4.25. The minimum absolute atomic E-state index is 0.219. The van der Waals surface area contributed by atoms with Crippen LogP contribution in [0.5, 0.6) is 0 Å².